The number of aldehydes is 1. The molecule has 2 rings (SSSR count). The number of hydrogen-bond donors (Lipinski definition) is 0. The number of amides is 1. The average molecular weight is 221 g/mol. The summed E-state index contributed by atoms with van der Waals surface area (Å²) in [6.45, 7) is 3.93. The highest BCUT2D eigenvalue weighted by Crippen LogP contribution is 2.15. The van der Waals surface area contributed by atoms with Gasteiger partial charge in [-0.2, -0.15) is 0 Å². The molecule has 5 heteroatoms. The Morgan fingerprint density at radius 1 is 1.56 bits per heavy atom. The molecule has 0 saturated heterocycles. The first-order valence-corrected chi connectivity index (χ1v) is 5.53. The maximum Gasteiger partial charge on any atom is 0.222 e. The summed E-state index contributed by atoms with van der Waals surface area (Å²) < 4.78 is 1.94. The van der Waals surface area contributed by atoms with Crippen molar-refractivity contribution in [3.63, 3.8) is 0 Å². The van der Waals surface area contributed by atoms with Crippen LogP contribution in [0.1, 0.15) is 35.9 Å². The number of carbonyl (C=O) groups excluding carboxylic acids is 2. The molecular weight excluding hydrogens is 206 g/mol. The van der Waals surface area contributed by atoms with Gasteiger partial charge in [-0.3, -0.25) is 9.59 Å². The number of aromatic nitrogens is 2. The van der Waals surface area contributed by atoms with E-state index in [4.69, 9.17) is 0 Å². The van der Waals surface area contributed by atoms with Gasteiger partial charge in [0.2, 0.25) is 5.91 Å². The Kier molecular flexibility index (Phi) is 3.03. The minimum Gasteiger partial charge on any atom is -0.335 e. The lowest BCUT2D eigenvalue weighted by Gasteiger charge is -2.28. The third-order valence-electron chi connectivity index (χ3n) is 2.86. The van der Waals surface area contributed by atoms with Crippen LogP contribution >= 0.6 is 0 Å². The number of hydrogen-bond acceptors (Lipinski definition) is 3. The van der Waals surface area contributed by atoms with Crippen LogP contribution in [-0.2, 0) is 17.9 Å². The van der Waals surface area contributed by atoms with Gasteiger partial charge in [0.1, 0.15) is 5.69 Å². The molecule has 0 saturated carbocycles. The molecule has 0 N–H and O–H groups in total. The molecule has 1 aliphatic rings. The molecule has 0 aliphatic carbocycles. The summed E-state index contributed by atoms with van der Waals surface area (Å²) in [6, 6.07) is 0. The molecule has 2 heterocycles. The van der Waals surface area contributed by atoms with E-state index in [1.807, 2.05) is 11.5 Å². The maximum absolute atomic E-state index is 11.7. The lowest BCUT2D eigenvalue weighted by Crippen LogP contribution is -2.38. The Bertz CT molecular complexity index is 411. The van der Waals surface area contributed by atoms with Gasteiger partial charge in [0.25, 0.3) is 0 Å². The summed E-state index contributed by atoms with van der Waals surface area (Å²) in [4.78, 5) is 28.3. The lowest BCUT2D eigenvalue weighted by molar-refractivity contribution is -0.132. The molecule has 0 bridgehead atoms. The predicted octanol–water partition coefficient (Wildman–Crippen LogP) is 0.838. The number of nitrogens with zero attached hydrogens (tertiary/aromatic N) is 3. The van der Waals surface area contributed by atoms with Crippen LogP contribution in [0.2, 0.25) is 0 Å². The SMILES string of the molecule is CCCC(=O)N1CCn2cnc(C=O)c2C1. The molecule has 16 heavy (non-hydrogen) atoms. The second-order valence-electron chi connectivity index (χ2n) is 3.95. The zero-order valence-electron chi connectivity index (χ0n) is 9.35. The number of rotatable bonds is 3. The van der Waals surface area contributed by atoms with Gasteiger partial charge >= 0.3 is 0 Å². The van der Waals surface area contributed by atoms with Crippen molar-refractivity contribution in [1.82, 2.24) is 14.5 Å². The second kappa shape index (κ2) is 4.47. The average Bonchev–Trinajstić information content (AvgIpc) is 2.71. The van der Waals surface area contributed by atoms with Gasteiger partial charge in [0.15, 0.2) is 6.29 Å². The van der Waals surface area contributed by atoms with Crippen LogP contribution in [0.15, 0.2) is 6.33 Å². The molecule has 86 valence electrons. The van der Waals surface area contributed by atoms with Crippen LogP contribution < -0.4 is 0 Å². The zero-order valence-corrected chi connectivity index (χ0v) is 9.35. The Labute approximate surface area is 94.1 Å². The highest BCUT2D eigenvalue weighted by molar-refractivity contribution is 5.77. The van der Waals surface area contributed by atoms with E-state index in [0.29, 0.717) is 25.2 Å². The number of imidazole rings is 1. The van der Waals surface area contributed by atoms with Crippen molar-refractivity contribution in [3.05, 3.63) is 17.7 Å². The second-order valence-corrected chi connectivity index (χ2v) is 3.95. The largest absolute Gasteiger partial charge is 0.335 e. The molecule has 0 radical (unpaired) electrons. The van der Waals surface area contributed by atoms with Gasteiger partial charge in [-0.05, 0) is 6.42 Å². The van der Waals surface area contributed by atoms with Crippen LogP contribution in [0.25, 0.3) is 0 Å². The highest BCUT2D eigenvalue weighted by Gasteiger charge is 2.22. The number of fused-ring (bicyclic) bond motifs is 1. The highest BCUT2D eigenvalue weighted by atomic mass is 16.2. The van der Waals surface area contributed by atoms with Gasteiger partial charge in [0, 0.05) is 19.5 Å². The predicted molar refractivity (Wildman–Crippen MR) is 57.9 cm³/mol. The van der Waals surface area contributed by atoms with Crippen LogP contribution in [0.5, 0.6) is 0 Å². The maximum atomic E-state index is 11.7. The van der Waals surface area contributed by atoms with Crippen molar-refractivity contribution in [2.24, 2.45) is 0 Å². The van der Waals surface area contributed by atoms with E-state index in [0.717, 1.165) is 24.9 Å². The fourth-order valence-corrected chi connectivity index (χ4v) is 1.96. The normalized spacial score (nSPS) is 14.7. The Balaban J connectivity index is 2.15. The van der Waals surface area contributed by atoms with E-state index >= 15 is 0 Å². The van der Waals surface area contributed by atoms with Crippen LogP contribution in [0, 0.1) is 0 Å². The van der Waals surface area contributed by atoms with Gasteiger partial charge in [-0.25, -0.2) is 4.98 Å². The number of carbonyl (C=O) groups is 2. The first-order chi connectivity index (χ1) is 7.76. The molecule has 1 amide bonds. The van der Waals surface area contributed by atoms with Crippen molar-refractivity contribution in [2.75, 3.05) is 6.54 Å². The van der Waals surface area contributed by atoms with E-state index < -0.39 is 0 Å². The summed E-state index contributed by atoms with van der Waals surface area (Å²) >= 11 is 0. The summed E-state index contributed by atoms with van der Waals surface area (Å²) in [5, 5.41) is 0. The first-order valence-electron chi connectivity index (χ1n) is 5.53. The molecule has 0 atom stereocenters. The molecule has 0 aromatic carbocycles. The first kappa shape index (κ1) is 10.9. The molecule has 1 aromatic heterocycles. The lowest BCUT2D eigenvalue weighted by atomic mass is 10.2. The molecule has 0 fully saturated rings. The third-order valence-corrected chi connectivity index (χ3v) is 2.86. The molecule has 0 unspecified atom stereocenters. The van der Waals surface area contributed by atoms with Gasteiger partial charge in [-0.15, -0.1) is 0 Å². The summed E-state index contributed by atoms with van der Waals surface area (Å²) in [7, 11) is 0. The third kappa shape index (κ3) is 1.85. The Morgan fingerprint density at radius 2 is 2.38 bits per heavy atom. The monoisotopic (exact) mass is 221 g/mol. The van der Waals surface area contributed by atoms with E-state index in [1.165, 1.54) is 0 Å². The fraction of sp³-hybridized carbons (Fsp3) is 0.545. The minimum absolute atomic E-state index is 0.159. The summed E-state index contributed by atoms with van der Waals surface area (Å²) in [6.07, 6.45) is 3.85. The van der Waals surface area contributed by atoms with E-state index in [9.17, 15) is 9.59 Å². The van der Waals surface area contributed by atoms with Crippen LogP contribution in [-0.4, -0.2) is 33.2 Å². The van der Waals surface area contributed by atoms with Crippen molar-refractivity contribution in [3.8, 4) is 0 Å². The van der Waals surface area contributed by atoms with Gasteiger partial charge in [-0.1, -0.05) is 6.92 Å². The topological polar surface area (TPSA) is 55.2 Å². The Morgan fingerprint density at radius 3 is 3.06 bits per heavy atom. The standard InChI is InChI=1S/C11H15N3O2/c1-2-3-11(16)13-4-5-14-8-12-9(7-15)10(14)6-13/h7-8H,2-6H2,1H3. The van der Waals surface area contributed by atoms with Crippen molar-refractivity contribution in [1.29, 1.82) is 0 Å². The molecule has 1 aliphatic heterocycles. The fourth-order valence-electron chi connectivity index (χ4n) is 1.96. The van der Waals surface area contributed by atoms with Crippen molar-refractivity contribution >= 4 is 12.2 Å². The smallest absolute Gasteiger partial charge is 0.222 e. The van der Waals surface area contributed by atoms with Crippen molar-refractivity contribution in [2.45, 2.75) is 32.9 Å². The summed E-state index contributed by atoms with van der Waals surface area (Å²) in [5.74, 6) is 0.159. The minimum atomic E-state index is 0.159. The van der Waals surface area contributed by atoms with Gasteiger partial charge in [0.05, 0.1) is 18.6 Å². The Hall–Kier alpha value is -1.65. The van der Waals surface area contributed by atoms with Crippen LogP contribution in [0.3, 0.4) is 0 Å². The summed E-state index contributed by atoms with van der Waals surface area (Å²) in [5.41, 5.74) is 1.31. The van der Waals surface area contributed by atoms with E-state index in [-0.39, 0.29) is 5.91 Å². The van der Waals surface area contributed by atoms with Crippen LogP contribution in [0.4, 0.5) is 0 Å². The van der Waals surface area contributed by atoms with Gasteiger partial charge < -0.3 is 9.47 Å². The quantitative estimate of drug-likeness (QED) is 0.711. The molecule has 0 spiro atoms. The zero-order chi connectivity index (χ0) is 11.5. The molecule has 5 nitrogen and oxygen atoms in total. The van der Waals surface area contributed by atoms with E-state index in [2.05, 4.69) is 4.98 Å². The van der Waals surface area contributed by atoms with Crippen molar-refractivity contribution < 1.29 is 9.59 Å². The molecule has 1 aromatic rings. The molecular formula is C11H15N3O2. The van der Waals surface area contributed by atoms with E-state index in [1.54, 1.807) is 11.2 Å².